The van der Waals surface area contributed by atoms with Crippen LogP contribution in [0.4, 0.5) is 5.69 Å². The largest absolute Gasteiger partial charge is 0.370 e. The summed E-state index contributed by atoms with van der Waals surface area (Å²) in [5, 5.41) is 8.89. The average molecular weight is 322 g/mol. The topological polar surface area (TPSA) is 67.6 Å². The van der Waals surface area contributed by atoms with Crippen molar-refractivity contribution in [3.63, 3.8) is 0 Å². The molecule has 1 heterocycles. The molecular formula is C15H22N4O2S. The van der Waals surface area contributed by atoms with Gasteiger partial charge in [-0.15, -0.1) is 0 Å². The average Bonchev–Trinajstić information content (AvgIpc) is 2.51. The number of hydrogen-bond donors (Lipinski definition) is 0. The van der Waals surface area contributed by atoms with Crippen LogP contribution in [0.1, 0.15) is 12.0 Å². The molecule has 0 saturated carbocycles. The first-order chi connectivity index (χ1) is 10.5. The SMILES string of the molecule is CN(C)S(=O)(=O)N(CC#N)CCN1CCCc2ccccc21. The molecule has 2 rings (SSSR count). The first-order valence-electron chi connectivity index (χ1n) is 7.34. The van der Waals surface area contributed by atoms with Crippen LogP contribution in [0.3, 0.4) is 0 Å². The van der Waals surface area contributed by atoms with Gasteiger partial charge in [-0.25, -0.2) is 0 Å². The molecule has 0 atom stereocenters. The lowest BCUT2D eigenvalue weighted by Crippen LogP contribution is -2.45. The fourth-order valence-corrected chi connectivity index (χ4v) is 3.66. The highest BCUT2D eigenvalue weighted by Gasteiger charge is 2.25. The minimum atomic E-state index is -3.56. The molecule has 6 nitrogen and oxygen atoms in total. The molecular weight excluding hydrogens is 300 g/mol. The lowest BCUT2D eigenvalue weighted by atomic mass is 10.0. The molecule has 1 aromatic carbocycles. The molecule has 1 aliphatic heterocycles. The number of hydrogen-bond acceptors (Lipinski definition) is 4. The van der Waals surface area contributed by atoms with Crippen molar-refractivity contribution in [2.45, 2.75) is 12.8 Å². The molecule has 0 amide bonds. The Morgan fingerprint density at radius 2 is 2.05 bits per heavy atom. The first kappa shape index (κ1) is 16.7. The number of nitriles is 1. The maximum Gasteiger partial charge on any atom is 0.282 e. The van der Waals surface area contributed by atoms with Gasteiger partial charge in [0.15, 0.2) is 0 Å². The second-order valence-electron chi connectivity index (χ2n) is 5.50. The minimum Gasteiger partial charge on any atom is -0.370 e. The van der Waals surface area contributed by atoms with Crippen molar-refractivity contribution < 1.29 is 8.42 Å². The van der Waals surface area contributed by atoms with Crippen LogP contribution in [0, 0.1) is 11.3 Å². The number of anilines is 1. The van der Waals surface area contributed by atoms with Crippen molar-refractivity contribution in [1.82, 2.24) is 8.61 Å². The highest BCUT2D eigenvalue weighted by Crippen LogP contribution is 2.26. The van der Waals surface area contributed by atoms with Crippen LogP contribution in [0.25, 0.3) is 0 Å². The molecule has 0 bridgehead atoms. The summed E-state index contributed by atoms with van der Waals surface area (Å²) in [7, 11) is -0.598. The summed E-state index contributed by atoms with van der Waals surface area (Å²) >= 11 is 0. The van der Waals surface area contributed by atoms with Gasteiger partial charge in [0, 0.05) is 39.4 Å². The Bertz CT molecular complexity index is 652. The molecule has 0 aromatic heterocycles. The predicted octanol–water partition coefficient (Wildman–Crippen LogP) is 1.07. The van der Waals surface area contributed by atoms with E-state index in [0.29, 0.717) is 13.1 Å². The zero-order valence-electron chi connectivity index (χ0n) is 13.1. The molecule has 0 fully saturated rings. The van der Waals surface area contributed by atoms with Crippen LogP contribution < -0.4 is 4.90 Å². The summed E-state index contributed by atoms with van der Waals surface area (Å²) in [5.74, 6) is 0. The van der Waals surface area contributed by atoms with E-state index in [1.54, 1.807) is 0 Å². The Kier molecular flexibility index (Phi) is 5.40. The maximum absolute atomic E-state index is 12.2. The Morgan fingerprint density at radius 1 is 1.32 bits per heavy atom. The summed E-state index contributed by atoms with van der Waals surface area (Å²) in [6, 6.07) is 10.2. The summed E-state index contributed by atoms with van der Waals surface area (Å²) in [6.45, 7) is 1.68. The van der Waals surface area contributed by atoms with Crippen LogP contribution in [0.5, 0.6) is 0 Å². The molecule has 22 heavy (non-hydrogen) atoms. The highest BCUT2D eigenvalue weighted by molar-refractivity contribution is 7.86. The highest BCUT2D eigenvalue weighted by atomic mass is 32.2. The molecule has 1 aliphatic rings. The van der Waals surface area contributed by atoms with Crippen molar-refractivity contribution in [3.05, 3.63) is 29.8 Å². The Labute approximate surface area is 132 Å². The number of nitrogens with zero attached hydrogens (tertiary/aromatic N) is 4. The van der Waals surface area contributed by atoms with Crippen LogP contribution >= 0.6 is 0 Å². The van der Waals surface area contributed by atoms with Crippen molar-refractivity contribution in [2.24, 2.45) is 0 Å². The summed E-state index contributed by atoms with van der Waals surface area (Å²) in [6.07, 6.45) is 2.13. The van der Waals surface area contributed by atoms with E-state index in [-0.39, 0.29) is 6.54 Å². The molecule has 7 heteroatoms. The molecule has 0 unspecified atom stereocenters. The van der Waals surface area contributed by atoms with Gasteiger partial charge in [0.2, 0.25) is 0 Å². The van der Waals surface area contributed by atoms with E-state index in [0.717, 1.165) is 23.7 Å². The maximum atomic E-state index is 12.2. The zero-order chi connectivity index (χ0) is 16.2. The van der Waals surface area contributed by atoms with Gasteiger partial charge >= 0.3 is 0 Å². The van der Waals surface area contributed by atoms with Gasteiger partial charge < -0.3 is 4.90 Å². The minimum absolute atomic E-state index is 0.129. The molecule has 120 valence electrons. The standard InChI is InChI=1S/C15H22N4O2S/c1-17(2)22(20,21)19(11-9-16)13-12-18-10-5-7-14-6-3-4-8-15(14)18/h3-4,6,8H,5,7,10-13H2,1-2H3. The van der Waals surface area contributed by atoms with E-state index >= 15 is 0 Å². The summed E-state index contributed by atoms with van der Waals surface area (Å²) in [4.78, 5) is 2.20. The Hall–Kier alpha value is -1.62. The Morgan fingerprint density at radius 3 is 2.73 bits per heavy atom. The quantitative estimate of drug-likeness (QED) is 0.735. The van der Waals surface area contributed by atoms with Crippen molar-refractivity contribution >= 4 is 15.9 Å². The monoisotopic (exact) mass is 322 g/mol. The van der Waals surface area contributed by atoms with E-state index < -0.39 is 10.2 Å². The third-order valence-corrected chi connectivity index (χ3v) is 5.75. The van der Waals surface area contributed by atoms with Crippen LogP contribution in [0.15, 0.2) is 24.3 Å². The lowest BCUT2D eigenvalue weighted by molar-refractivity contribution is 0.401. The van der Waals surface area contributed by atoms with Gasteiger partial charge in [-0.1, -0.05) is 18.2 Å². The van der Waals surface area contributed by atoms with Crippen LogP contribution in [0.2, 0.25) is 0 Å². The molecule has 0 radical (unpaired) electrons. The molecule has 0 spiro atoms. The molecule has 0 saturated heterocycles. The van der Waals surface area contributed by atoms with Crippen LogP contribution in [-0.4, -0.2) is 57.3 Å². The summed E-state index contributed by atoms with van der Waals surface area (Å²) in [5.41, 5.74) is 2.48. The number of fused-ring (bicyclic) bond motifs is 1. The van der Waals surface area contributed by atoms with E-state index in [4.69, 9.17) is 5.26 Å². The number of aryl methyl sites for hydroxylation is 1. The number of rotatable bonds is 6. The van der Waals surface area contributed by atoms with E-state index in [9.17, 15) is 8.42 Å². The van der Waals surface area contributed by atoms with Gasteiger partial charge in [0.05, 0.1) is 6.07 Å². The first-order valence-corrected chi connectivity index (χ1v) is 8.74. The van der Waals surface area contributed by atoms with Crippen molar-refractivity contribution in [3.8, 4) is 6.07 Å². The second-order valence-corrected chi connectivity index (χ2v) is 7.64. The zero-order valence-corrected chi connectivity index (χ0v) is 13.9. The van der Waals surface area contributed by atoms with Crippen molar-refractivity contribution in [1.29, 1.82) is 5.26 Å². The number of benzene rings is 1. The molecule has 1 aromatic rings. The third kappa shape index (κ3) is 3.58. The number of para-hydroxylation sites is 1. The Balaban J connectivity index is 2.10. The smallest absolute Gasteiger partial charge is 0.282 e. The fourth-order valence-electron chi connectivity index (χ4n) is 2.66. The van der Waals surface area contributed by atoms with E-state index in [1.807, 2.05) is 18.2 Å². The van der Waals surface area contributed by atoms with Crippen LogP contribution in [-0.2, 0) is 16.6 Å². The molecule has 0 aliphatic carbocycles. The van der Waals surface area contributed by atoms with Gasteiger partial charge in [-0.05, 0) is 24.5 Å². The molecule has 0 N–H and O–H groups in total. The van der Waals surface area contributed by atoms with Crippen molar-refractivity contribution in [2.75, 3.05) is 45.2 Å². The summed E-state index contributed by atoms with van der Waals surface area (Å²) < 4.78 is 26.8. The fraction of sp³-hybridized carbons (Fsp3) is 0.533. The second kappa shape index (κ2) is 7.09. The van der Waals surface area contributed by atoms with E-state index in [2.05, 4.69) is 17.0 Å². The normalized spacial score (nSPS) is 15.0. The lowest BCUT2D eigenvalue weighted by Gasteiger charge is -2.33. The van der Waals surface area contributed by atoms with Gasteiger partial charge in [0.1, 0.15) is 6.54 Å². The van der Waals surface area contributed by atoms with Gasteiger partial charge in [-0.3, -0.25) is 0 Å². The predicted molar refractivity (Wildman–Crippen MR) is 86.8 cm³/mol. The van der Waals surface area contributed by atoms with Gasteiger partial charge in [-0.2, -0.15) is 22.3 Å². The van der Waals surface area contributed by atoms with E-state index in [1.165, 1.54) is 29.7 Å². The van der Waals surface area contributed by atoms with Gasteiger partial charge in [0.25, 0.3) is 10.2 Å². The third-order valence-electron chi connectivity index (χ3n) is 3.86.